The van der Waals surface area contributed by atoms with Crippen molar-refractivity contribution in [2.75, 3.05) is 22.6 Å². The van der Waals surface area contributed by atoms with Gasteiger partial charge in [0.2, 0.25) is 0 Å². The van der Waals surface area contributed by atoms with E-state index in [1.807, 2.05) is 19.2 Å². The van der Waals surface area contributed by atoms with Crippen molar-refractivity contribution < 1.29 is 0 Å². The van der Waals surface area contributed by atoms with Gasteiger partial charge in [0.25, 0.3) is 0 Å². The first-order valence-electron chi connectivity index (χ1n) is 22.0. The molecule has 0 radical (unpaired) electrons. The van der Waals surface area contributed by atoms with Crippen LogP contribution in [-0.2, 0) is 0 Å². The molecule has 0 saturated heterocycles. The predicted molar refractivity (Wildman–Crippen MR) is 275 cm³/mol. The summed E-state index contributed by atoms with van der Waals surface area (Å²) in [4.78, 5) is 2.36. The highest BCUT2D eigenvalue weighted by molar-refractivity contribution is 5.90. The predicted octanol–water partition coefficient (Wildman–Crippen LogP) is 16.0. The Morgan fingerprint density at radius 2 is 1.60 bits per heavy atom. The molecule has 312 valence electrons. The SMILES string of the molecule is C=C/C=C\C=C/c1ccc(-c2cccc3c2C#CCC/C=C\C=C(/C)N3C(/C=C\C(C)C/C=C(\Nc2ccccc2)c2ccc3ccccc3c2)=C/C)cc1-c1ccccc1NC. The fraction of sp³-hybridized carbons (Fsp3) is 0.133. The van der Waals surface area contributed by atoms with Gasteiger partial charge in [0.1, 0.15) is 0 Å². The minimum atomic E-state index is 0.255. The second-order valence-corrected chi connectivity index (χ2v) is 15.6. The number of hydrogen-bond acceptors (Lipinski definition) is 3. The third-order valence-electron chi connectivity index (χ3n) is 11.2. The lowest BCUT2D eigenvalue weighted by Gasteiger charge is -2.29. The van der Waals surface area contributed by atoms with Crippen molar-refractivity contribution in [3.63, 3.8) is 0 Å². The van der Waals surface area contributed by atoms with Gasteiger partial charge in [0.05, 0.1) is 11.3 Å². The van der Waals surface area contributed by atoms with Crippen LogP contribution < -0.4 is 15.5 Å². The van der Waals surface area contributed by atoms with Gasteiger partial charge in [-0.3, -0.25) is 0 Å². The molecule has 6 aromatic rings. The molecule has 0 aromatic heterocycles. The van der Waals surface area contributed by atoms with Crippen LogP contribution in [0.2, 0.25) is 0 Å². The summed E-state index contributed by atoms with van der Waals surface area (Å²) < 4.78 is 0. The van der Waals surface area contributed by atoms with Gasteiger partial charge >= 0.3 is 0 Å². The van der Waals surface area contributed by atoms with Crippen LogP contribution in [0.25, 0.3) is 44.8 Å². The molecule has 1 atom stereocenters. The number of para-hydroxylation sites is 2. The second-order valence-electron chi connectivity index (χ2n) is 15.6. The smallest absolute Gasteiger partial charge is 0.0621 e. The van der Waals surface area contributed by atoms with E-state index in [0.29, 0.717) is 0 Å². The molecule has 0 fully saturated rings. The number of nitrogens with zero attached hydrogens (tertiary/aromatic N) is 1. The lowest BCUT2D eigenvalue weighted by Crippen LogP contribution is -2.20. The van der Waals surface area contributed by atoms with Crippen LogP contribution in [0, 0.1) is 17.8 Å². The van der Waals surface area contributed by atoms with Crippen molar-refractivity contribution >= 4 is 39.6 Å². The van der Waals surface area contributed by atoms with E-state index in [4.69, 9.17) is 0 Å². The number of anilines is 3. The van der Waals surface area contributed by atoms with Crippen LogP contribution in [0.5, 0.6) is 0 Å². The third kappa shape index (κ3) is 11.1. The second kappa shape index (κ2) is 21.8. The lowest BCUT2D eigenvalue weighted by atomic mass is 9.91. The molecule has 0 aliphatic carbocycles. The Kier molecular flexibility index (Phi) is 15.1. The molecule has 63 heavy (non-hydrogen) atoms. The quantitative estimate of drug-likeness (QED) is 0.0847. The highest BCUT2D eigenvalue weighted by atomic mass is 15.2. The molecule has 6 aromatic carbocycles. The van der Waals surface area contributed by atoms with E-state index in [1.54, 1.807) is 6.08 Å². The summed E-state index contributed by atoms with van der Waals surface area (Å²) >= 11 is 0. The monoisotopic (exact) mass is 819 g/mol. The normalized spacial score (nSPS) is 15.3. The van der Waals surface area contributed by atoms with Crippen molar-refractivity contribution in [1.29, 1.82) is 0 Å². The summed E-state index contributed by atoms with van der Waals surface area (Å²) in [5, 5.41) is 9.60. The van der Waals surface area contributed by atoms with E-state index < -0.39 is 0 Å². The first kappa shape index (κ1) is 43.5. The summed E-state index contributed by atoms with van der Waals surface area (Å²) in [6.07, 6.45) is 28.2. The molecule has 7 rings (SSSR count). The summed E-state index contributed by atoms with van der Waals surface area (Å²) in [5.74, 6) is 7.48. The van der Waals surface area contributed by atoms with E-state index >= 15 is 0 Å². The van der Waals surface area contributed by atoms with Gasteiger partial charge in [-0.15, -0.1) is 0 Å². The average Bonchev–Trinajstić information content (AvgIpc) is 3.36. The highest BCUT2D eigenvalue weighted by Crippen LogP contribution is 2.39. The van der Waals surface area contributed by atoms with Crippen molar-refractivity contribution in [3.8, 4) is 34.1 Å². The Bertz CT molecular complexity index is 2830. The molecule has 2 N–H and O–H groups in total. The molecule has 3 heteroatoms. The Labute approximate surface area is 375 Å². The largest absolute Gasteiger partial charge is 0.388 e. The van der Waals surface area contributed by atoms with Crippen molar-refractivity contribution in [2.24, 2.45) is 5.92 Å². The van der Waals surface area contributed by atoms with Crippen LogP contribution in [0.3, 0.4) is 0 Å². The van der Waals surface area contributed by atoms with Crippen molar-refractivity contribution in [3.05, 3.63) is 235 Å². The number of fused-ring (bicyclic) bond motifs is 2. The fourth-order valence-corrected chi connectivity index (χ4v) is 7.88. The maximum absolute atomic E-state index is 3.83. The van der Waals surface area contributed by atoms with E-state index in [-0.39, 0.29) is 5.92 Å². The zero-order valence-corrected chi connectivity index (χ0v) is 37.0. The van der Waals surface area contributed by atoms with E-state index in [2.05, 4.69) is 243 Å². The maximum atomic E-state index is 3.83. The first-order chi connectivity index (χ1) is 31.0. The van der Waals surface area contributed by atoms with Crippen LogP contribution in [0.1, 0.15) is 56.7 Å². The van der Waals surface area contributed by atoms with Gasteiger partial charge in [-0.25, -0.2) is 0 Å². The van der Waals surface area contributed by atoms with Crippen LogP contribution >= 0.6 is 0 Å². The zero-order valence-electron chi connectivity index (χ0n) is 37.0. The van der Waals surface area contributed by atoms with E-state index in [0.717, 1.165) is 86.8 Å². The highest BCUT2D eigenvalue weighted by Gasteiger charge is 2.20. The lowest BCUT2D eigenvalue weighted by molar-refractivity contribution is 0.744. The Morgan fingerprint density at radius 1 is 0.810 bits per heavy atom. The molecule has 0 amide bonds. The number of rotatable bonds is 14. The molecule has 0 spiro atoms. The Morgan fingerprint density at radius 3 is 2.43 bits per heavy atom. The Hall–Kier alpha value is -7.54. The molecule has 3 nitrogen and oxygen atoms in total. The summed E-state index contributed by atoms with van der Waals surface area (Å²) in [7, 11) is 1.98. The van der Waals surface area contributed by atoms with E-state index in [9.17, 15) is 0 Å². The Balaban J connectivity index is 1.26. The third-order valence-corrected chi connectivity index (χ3v) is 11.2. The maximum Gasteiger partial charge on any atom is 0.0621 e. The molecule has 0 saturated carbocycles. The number of hydrogen-bond donors (Lipinski definition) is 2. The molecular weight excluding hydrogens is 763 g/mol. The van der Waals surface area contributed by atoms with Gasteiger partial charge < -0.3 is 15.5 Å². The van der Waals surface area contributed by atoms with Gasteiger partial charge in [0, 0.05) is 47.5 Å². The molecule has 1 unspecified atom stereocenters. The molecule has 1 heterocycles. The zero-order chi connectivity index (χ0) is 43.8. The minimum absolute atomic E-state index is 0.255. The standard InChI is InChI=1S/C60H57N3/c1-6-8-9-15-26-48-38-39-50(44-57(48)55-30-21-22-33-59(55)61-5)54-32-23-34-60-56(54)31-18-12-10-11-14-24-46(4)63(60)53(7-2)41-35-45(3)36-42-58(62-52-28-16-13-17-29-52)51-40-37-47-25-19-20-27-49(47)43-51/h6-9,11,13-17,19-30,32-35,37-45,61-62H,1,10,12,36H2,2-5H3/b9-8-,14-11-,26-15-,41-35-,46-24+,53-7+,58-42-. The van der Waals surface area contributed by atoms with Crippen LogP contribution in [-0.4, -0.2) is 7.05 Å². The molecule has 1 aliphatic rings. The average molecular weight is 820 g/mol. The summed E-state index contributed by atoms with van der Waals surface area (Å²) in [6, 6.07) is 47.5. The first-order valence-corrected chi connectivity index (χ1v) is 22.0. The molecule has 1 aliphatic heterocycles. The van der Waals surface area contributed by atoms with Gasteiger partial charge in [-0.2, -0.15) is 0 Å². The van der Waals surface area contributed by atoms with E-state index in [1.165, 1.54) is 16.3 Å². The topological polar surface area (TPSA) is 27.3 Å². The van der Waals surface area contributed by atoms with Crippen LogP contribution in [0.15, 0.2) is 218 Å². The van der Waals surface area contributed by atoms with Crippen molar-refractivity contribution in [1.82, 2.24) is 0 Å². The summed E-state index contributed by atoms with van der Waals surface area (Å²) in [6.45, 7) is 10.4. The van der Waals surface area contributed by atoms with Gasteiger partial charge in [-0.1, -0.05) is 183 Å². The van der Waals surface area contributed by atoms with Crippen LogP contribution in [0.4, 0.5) is 17.1 Å². The minimum Gasteiger partial charge on any atom is -0.388 e. The van der Waals surface area contributed by atoms with Crippen molar-refractivity contribution in [2.45, 2.75) is 40.0 Å². The number of allylic oxidation sites excluding steroid dienone is 12. The number of nitrogens with one attached hydrogen (secondary N) is 2. The molecule has 0 bridgehead atoms. The number of benzene rings is 6. The van der Waals surface area contributed by atoms with Gasteiger partial charge in [0.15, 0.2) is 0 Å². The molecular formula is C60H57N3. The summed E-state index contributed by atoms with van der Waals surface area (Å²) in [5.41, 5.74) is 14.3. The fourth-order valence-electron chi connectivity index (χ4n) is 7.88. The van der Waals surface area contributed by atoms with Gasteiger partial charge in [-0.05, 0) is 120 Å².